The highest BCUT2D eigenvalue weighted by Crippen LogP contribution is 2.18. The molecule has 0 spiro atoms. The van der Waals surface area contributed by atoms with Crippen molar-refractivity contribution in [1.82, 2.24) is 0 Å². The van der Waals surface area contributed by atoms with Crippen LogP contribution in [-0.2, 0) is 29.0 Å². The molecule has 1 rings (SSSR count). The summed E-state index contributed by atoms with van der Waals surface area (Å²) in [5, 5.41) is 0. The molecule has 0 N–H and O–H groups in total. The molecule has 0 aliphatic rings. The maximum absolute atomic E-state index is 11.7. The number of benzene rings is 1. The summed E-state index contributed by atoms with van der Waals surface area (Å²) < 4.78 is 10.1. The van der Waals surface area contributed by atoms with Crippen LogP contribution in [-0.4, -0.2) is 36.7 Å². The average molecular weight is 443 g/mol. The smallest absolute Gasteiger partial charge is 0.399 e. The first-order chi connectivity index (χ1) is 14.5. The number of rotatable bonds is 13. The van der Waals surface area contributed by atoms with E-state index in [0.717, 1.165) is 31.2 Å². The molecule has 8 heteroatoms. The summed E-state index contributed by atoms with van der Waals surface area (Å²) in [5.74, 6) is -2.40. The lowest BCUT2D eigenvalue weighted by atomic mass is 10.2. The molecule has 0 heterocycles. The Balaban J connectivity index is 0.000000823. The van der Waals surface area contributed by atoms with E-state index in [2.05, 4.69) is 0 Å². The first-order valence-corrected chi connectivity index (χ1v) is 10.6. The van der Waals surface area contributed by atoms with Crippen LogP contribution in [0, 0.1) is 0 Å². The van der Waals surface area contributed by atoms with Crippen molar-refractivity contribution in [3.63, 3.8) is 0 Å². The van der Waals surface area contributed by atoms with Crippen LogP contribution >= 0.6 is 0 Å². The predicted octanol–water partition coefficient (Wildman–Crippen LogP) is 6.00. The van der Waals surface area contributed by atoms with Gasteiger partial charge in [-0.25, -0.2) is 14.6 Å². The third-order valence-corrected chi connectivity index (χ3v) is 3.52. The molecule has 0 radical (unpaired) electrons. The summed E-state index contributed by atoms with van der Waals surface area (Å²) in [6.07, 6.45) is 2.74. The van der Waals surface area contributed by atoms with Crippen LogP contribution < -0.4 is 0 Å². The SMILES string of the molecule is CC(=O)c1ccccc1.CCCCOOC(C)(C)OC(=O)OC(C)(C)OOCCCC. The fourth-order valence-electron chi connectivity index (χ4n) is 1.90. The number of ether oxygens (including phenoxy) is 2. The van der Waals surface area contributed by atoms with Crippen molar-refractivity contribution < 1.29 is 38.6 Å². The monoisotopic (exact) mass is 442 g/mol. The fourth-order valence-corrected chi connectivity index (χ4v) is 1.90. The van der Waals surface area contributed by atoms with Crippen LogP contribution in [0.15, 0.2) is 30.3 Å². The van der Waals surface area contributed by atoms with Gasteiger partial charge in [-0.05, 0) is 19.8 Å². The maximum Gasteiger partial charge on any atom is 0.513 e. The van der Waals surface area contributed by atoms with Crippen LogP contribution in [0.2, 0.25) is 0 Å². The molecule has 0 unspecified atom stereocenters. The van der Waals surface area contributed by atoms with E-state index in [1.807, 2.05) is 44.2 Å². The van der Waals surface area contributed by atoms with Crippen molar-refractivity contribution in [1.29, 1.82) is 0 Å². The highest BCUT2D eigenvalue weighted by atomic mass is 17.2. The molecule has 31 heavy (non-hydrogen) atoms. The third-order valence-electron chi connectivity index (χ3n) is 3.52. The van der Waals surface area contributed by atoms with Crippen LogP contribution in [0.25, 0.3) is 0 Å². The molecular formula is C23H38O8. The van der Waals surface area contributed by atoms with Crippen molar-refractivity contribution in [3.05, 3.63) is 35.9 Å². The summed E-state index contributed by atoms with van der Waals surface area (Å²) in [6, 6.07) is 9.23. The number of carbonyl (C=O) groups is 2. The summed E-state index contributed by atoms with van der Waals surface area (Å²) in [5.41, 5.74) is 0.775. The number of unbranched alkanes of at least 4 members (excludes halogenated alkanes) is 2. The molecule has 0 fully saturated rings. The van der Waals surface area contributed by atoms with Crippen molar-refractivity contribution in [2.45, 2.75) is 85.7 Å². The number of ketones is 1. The average Bonchev–Trinajstić information content (AvgIpc) is 2.69. The van der Waals surface area contributed by atoms with Gasteiger partial charge in [-0.1, -0.05) is 57.0 Å². The maximum atomic E-state index is 11.7. The van der Waals surface area contributed by atoms with Gasteiger partial charge in [0.1, 0.15) is 0 Å². The normalized spacial score (nSPS) is 11.3. The predicted molar refractivity (Wildman–Crippen MR) is 116 cm³/mol. The van der Waals surface area contributed by atoms with Gasteiger partial charge in [0.2, 0.25) is 11.6 Å². The van der Waals surface area contributed by atoms with Gasteiger partial charge in [0, 0.05) is 33.3 Å². The number of hydrogen-bond acceptors (Lipinski definition) is 8. The molecule has 0 saturated heterocycles. The summed E-state index contributed by atoms with van der Waals surface area (Å²) in [7, 11) is 0. The van der Waals surface area contributed by atoms with Gasteiger partial charge in [0.15, 0.2) is 5.78 Å². The van der Waals surface area contributed by atoms with E-state index in [-0.39, 0.29) is 5.78 Å². The second-order valence-corrected chi connectivity index (χ2v) is 7.69. The minimum atomic E-state index is -1.26. The molecule has 178 valence electrons. The van der Waals surface area contributed by atoms with Crippen molar-refractivity contribution in [3.8, 4) is 0 Å². The van der Waals surface area contributed by atoms with E-state index >= 15 is 0 Å². The van der Waals surface area contributed by atoms with Crippen molar-refractivity contribution >= 4 is 11.9 Å². The van der Waals surface area contributed by atoms with Gasteiger partial charge >= 0.3 is 6.16 Å². The molecule has 0 bridgehead atoms. The zero-order chi connectivity index (χ0) is 23.8. The quantitative estimate of drug-likeness (QED) is 0.0918. The molecule has 0 aliphatic heterocycles. The Bertz CT molecular complexity index is 585. The Hall–Kier alpha value is -2.00. The first kappa shape index (κ1) is 29.0. The lowest BCUT2D eigenvalue weighted by Crippen LogP contribution is -2.37. The molecule has 0 aliphatic carbocycles. The first-order valence-electron chi connectivity index (χ1n) is 10.6. The van der Waals surface area contributed by atoms with Crippen LogP contribution in [0.1, 0.15) is 84.5 Å². The minimum Gasteiger partial charge on any atom is -0.399 e. The molecule has 8 nitrogen and oxygen atoms in total. The highest BCUT2D eigenvalue weighted by molar-refractivity contribution is 5.93. The van der Waals surface area contributed by atoms with Gasteiger partial charge in [0.25, 0.3) is 0 Å². The molecular weight excluding hydrogens is 404 g/mol. The standard InChI is InChI=1S/C15H30O7.C8H8O/c1-7-9-11-17-21-14(3,4)19-13(16)20-15(5,6)22-18-12-10-8-2;1-7(9)8-5-3-2-4-6-8/h7-12H2,1-6H3;2-6H,1H3. The van der Waals surface area contributed by atoms with Crippen LogP contribution in [0.3, 0.4) is 0 Å². The molecule has 1 aromatic carbocycles. The number of carbonyl (C=O) groups excluding carboxylic acids is 2. The number of Topliss-reactive ketones (excluding diaryl/α,β-unsaturated/α-hetero) is 1. The Kier molecular flexibility index (Phi) is 14.7. The number of hydrogen-bond donors (Lipinski definition) is 0. The van der Waals surface area contributed by atoms with E-state index in [1.54, 1.807) is 34.6 Å². The Labute approximate surface area is 186 Å². The van der Waals surface area contributed by atoms with Gasteiger partial charge in [0.05, 0.1) is 13.2 Å². The molecule has 0 atom stereocenters. The molecule has 0 aromatic heterocycles. The Morgan fingerprint density at radius 1 is 0.774 bits per heavy atom. The second-order valence-electron chi connectivity index (χ2n) is 7.69. The largest absolute Gasteiger partial charge is 0.513 e. The van der Waals surface area contributed by atoms with Gasteiger partial charge in [-0.15, -0.1) is 0 Å². The summed E-state index contributed by atoms with van der Waals surface area (Å²) in [6.45, 7) is 12.7. The third kappa shape index (κ3) is 16.4. The lowest BCUT2D eigenvalue weighted by molar-refractivity contribution is -0.424. The highest BCUT2D eigenvalue weighted by Gasteiger charge is 2.32. The Morgan fingerprint density at radius 3 is 1.52 bits per heavy atom. The lowest BCUT2D eigenvalue weighted by Gasteiger charge is -2.27. The van der Waals surface area contributed by atoms with Crippen LogP contribution in [0.4, 0.5) is 4.79 Å². The molecule has 1 aromatic rings. The van der Waals surface area contributed by atoms with E-state index in [1.165, 1.54) is 0 Å². The van der Waals surface area contributed by atoms with Gasteiger partial charge in [-0.2, -0.15) is 9.78 Å². The van der Waals surface area contributed by atoms with Crippen molar-refractivity contribution in [2.24, 2.45) is 0 Å². The minimum absolute atomic E-state index is 0.121. The zero-order valence-electron chi connectivity index (χ0n) is 19.9. The van der Waals surface area contributed by atoms with Gasteiger partial charge < -0.3 is 9.47 Å². The summed E-state index contributed by atoms with van der Waals surface area (Å²) >= 11 is 0. The zero-order valence-corrected chi connectivity index (χ0v) is 19.9. The van der Waals surface area contributed by atoms with Crippen LogP contribution in [0.5, 0.6) is 0 Å². The van der Waals surface area contributed by atoms with E-state index in [0.29, 0.717) is 13.2 Å². The fraction of sp³-hybridized carbons (Fsp3) is 0.652. The van der Waals surface area contributed by atoms with Gasteiger partial charge in [-0.3, -0.25) is 4.79 Å². The topological polar surface area (TPSA) is 89.5 Å². The van der Waals surface area contributed by atoms with E-state index in [9.17, 15) is 9.59 Å². The molecule has 0 amide bonds. The Morgan fingerprint density at radius 2 is 1.19 bits per heavy atom. The van der Waals surface area contributed by atoms with Crippen molar-refractivity contribution in [2.75, 3.05) is 13.2 Å². The second kappa shape index (κ2) is 15.8. The molecule has 0 saturated carbocycles. The van der Waals surface area contributed by atoms with E-state index < -0.39 is 17.7 Å². The van der Waals surface area contributed by atoms with E-state index in [4.69, 9.17) is 29.0 Å². The summed E-state index contributed by atoms with van der Waals surface area (Å²) in [4.78, 5) is 42.4.